The number of fused-ring (bicyclic) bond motifs is 1. The van der Waals surface area contributed by atoms with Gasteiger partial charge in [0, 0.05) is 17.0 Å². The topological polar surface area (TPSA) is 78.9 Å². The standard InChI is InChI=1S/C13H11N5OS/c1-19-10-4-2-3-9-8(10)5-6-15-13(9)18-7-16-12(17-18)11(14)20/h2-7H,1H3,(H2,14,20). The number of hydrogen-bond acceptors (Lipinski definition) is 5. The molecule has 0 atom stereocenters. The lowest BCUT2D eigenvalue weighted by Gasteiger charge is -2.08. The summed E-state index contributed by atoms with van der Waals surface area (Å²) in [5, 5.41) is 6.08. The minimum absolute atomic E-state index is 0.154. The normalized spacial score (nSPS) is 10.7. The van der Waals surface area contributed by atoms with Crippen molar-refractivity contribution in [3.63, 3.8) is 0 Å². The molecule has 100 valence electrons. The molecular weight excluding hydrogens is 274 g/mol. The molecule has 0 aliphatic rings. The number of hydrogen-bond donors (Lipinski definition) is 1. The van der Waals surface area contributed by atoms with Crippen molar-refractivity contribution >= 4 is 28.0 Å². The van der Waals surface area contributed by atoms with E-state index in [9.17, 15) is 0 Å². The van der Waals surface area contributed by atoms with Crippen LogP contribution >= 0.6 is 12.2 Å². The van der Waals surface area contributed by atoms with Gasteiger partial charge in [-0.15, -0.1) is 5.10 Å². The SMILES string of the molecule is COc1cccc2c(-n3cnc(C(N)=S)n3)nccc12. The smallest absolute Gasteiger partial charge is 0.208 e. The average molecular weight is 285 g/mol. The second kappa shape index (κ2) is 4.86. The van der Waals surface area contributed by atoms with Crippen LogP contribution in [-0.4, -0.2) is 31.8 Å². The Morgan fingerprint density at radius 3 is 2.80 bits per heavy atom. The summed E-state index contributed by atoms with van der Waals surface area (Å²) in [5.74, 6) is 1.75. The molecule has 1 aromatic carbocycles. The van der Waals surface area contributed by atoms with E-state index in [0.717, 1.165) is 16.5 Å². The monoisotopic (exact) mass is 285 g/mol. The molecule has 6 nitrogen and oxygen atoms in total. The molecule has 0 radical (unpaired) electrons. The molecule has 0 amide bonds. The Balaban J connectivity index is 2.23. The summed E-state index contributed by atoms with van der Waals surface area (Å²) in [6.07, 6.45) is 3.23. The molecule has 20 heavy (non-hydrogen) atoms. The van der Waals surface area contributed by atoms with Gasteiger partial charge in [0.05, 0.1) is 7.11 Å². The first kappa shape index (κ1) is 12.5. The predicted octanol–water partition coefficient (Wildman–Crippen LogP) is 1.46. The van der Waals surface area contributed by atoms with Gasteiger partial charge in [-0.3, -0.25) is 0 Å². The van der Waals surface area contributed by atoms with E-state index in [2.05, 4.69) is 15.1 Å². The lowest BCUT2D eigenvalue weighted by atomic mass is 10.1. The number of nitrogens with two attached hydrogens (primary N) is 1. The first-order valence-electron chi connectivity index (χ1n) is 5.84. The molecular formula is C13H11N5OS. The second-order valence-corrected chi connectivity index (χ2v) is 4.51. The van der Waals surface area contributed by atoms with Gasteiger partial charge in [0.15, 0.2) is 5.82 Å². The van der Waals surface area contributed by atoms with E-state index in [0.29, 0.717) is 11.6 Å². The molecule has 3 rings (SSSR count). The summed E-state index contributed by atoms with van der Waals surface area (Å²) in [6, 6.07) is 7.64. The van der Waals surface area contributed by atoms with Gasteiger partial charge in [0.25, 0.3) is 0 Å². The van der Waals surface area contributed by atoms with Crippen molar-refractivity contribution in [2.24, 2.45) is 5.73 Å². The van der Waals surface area contributed by atoms with Gasteiger partial charge in [-0.1, -0.05) is 24.4 Å². The van der Waals surface area contributed by atoms with Gasteiger partial charge in [0.1, 0.15) is 17.1 Å². The molecule has 0 spiro atoms. The van der Waals surface area contributed by atoms with Crippen molar-refractivity contribution in [2.75, 3.05) is 7.11 Å². The van der Waals surface area contributed by atoms with Crippen LogP contribution in [0.3, 0.4) is 0 Å². The summed E-state index contributed by atoms with van der Waals surface area (Å²) in [7, 11) is 1.63. The van der Waals surface area contributed by atoms with Crippen LogP contribution in [0.1, 0.15) is 5.82 Å². The van der Waals surface area contributed by atoms with Crippen molar-refractivity contribution in [1.82, 2.24) is 19.7 Å². The van der Waals surface area contributed by atoms with E-state index in [-0.39, 0.29) is 4.99 Å². The third-order valence-corrected chi connectivity index (χ3v) is 3.08. The largest absolute Gasteiger partial charge is 0.496 e. The fourth-order valence-corrected chi connectivity index (χ4v) is 2.09. The minimum Gasteiger partial charge on any atom is -0.496 e. The highest BCUT2D eigenvalue weighted by Crippen LogP contribution is 2.27. The van der Waals surface area contributed by atoms with E-state index >= 15 is 0 Å². The predicted molar refractivity (Wildman–Crippen MR) is 79.1 cm³/mol. The van der Waals surface area contributed by atoms with Gasteiger partial charge in [0.2, 0.25) is 5.82 Å². The first-order valence-corrected chi connectivity index (χ1v) is 6.25. The maximum Gasteiger partial charge on any atom is 0.208 e. The number of aromatic nitrogens is 4. The molecule has 0 saturated heterocycles. The summed E-state index contributed by atoms with van der Waals surface area (Å²) >= 11 is 4.86. The zero-order valence-corrected chi connectivity index (χ0v) is 11.5. The van der Waals surface area contributed by atoms with Crippen LogP contribution in [0.4, 0.5) is 0 Å². The highest BCUT2D eigenvalue weighted by atomic mass is 32.1. The van der Waals surface area contributed by atoms with E-state index in [1.165, 1.54) is 6.33 Å². The molecule has 3 aromatic rings. The Labute approximate surface area is 120 Å². The van der Waals surface area contributed by atoms with Crippen LogP contribution in [0.25, 0.3) is 16.6 Å². The zero-order valence-electron chi connectivity index (χ0n) is 10.6. The second-order valence-electron chi connectivity index (χ2n) is 4.07. The lowest BCUT2D eigenvalue weighted by Crippen LogP contribution is -2.12. The highest BCUT2D eigenvalue weighted by molar-refractivity contribution is 7.80. The molecule has 0 unspecified atom stereocenters. The van der Waals surface area contributed by atoms with E-state index in [1.54, 1.807) is 18.0 Å². The Morgan fingerprint density at radius 2 is 2.10 bits per heavy atom. The molecule has 0 aliphatic carbocycles. The van der Waals surface area contributed by atoms with Crippen molar-refractivity contribution in [1.29, 1.82) is 0 Å². The summed E-state index contributed by atoms with van der Waals surface area (Å²) in [6.45, 7) is 0. The van der Waals surface area contributed by atoms with Crippen LogP contribution < -0.4 is 10.5 Å². The Kier molecular flexibility index (Phi) is 3.03. The average Bonchev–Trinajstić information content (AvgIpc) is 2.95. The van der Waals surface area contributed by atoms with Crippen molar-refractivity contribution < 1.29 is 4.74 Å². The van der Waals surface area contributed by atoms with Crippen LogP contribution in [-0.2, 0) is 0 Å². The van der Waals surface area contributed by atoms with E-state index < -0.39 is 0 Å². The van der Waals surface area contributed by atoms with Gasteiger partial charge < -0.3 is 10.5 Å². The Bertz CT molecular complexity index is 798. The molecule has 0 fully saturated rings. The number of benzene rings is 1. The molecule has 7 heteroatoms. The van der Waals surface area contributed by atoms with E-state index in [4.69, 9.17) is 22.7 Å². The first-order chi connectivity index (χ1) is 9.70. The van der Waals surface area contributed by atoms with Crippen molar-refractivity contribution in [3.8, 4) is 11.6 Å². The Hall–Kier alpha value is -2.54. The number of nitrogens with zero attached hydrogens (tertiary/aromatic N) is 4. The molecule has 2 heterocycles. The van der Waals surface area contributed by atoms with E-state index in [1.807, 2.05) is 24.3 Å². The maximum atomic E-state index is 5.52. The van der Waals surface area contributed by atoms with Crippen molar-refractivity contribution in [3.05, 3.63) is 42.6 Å². The van der Waals surface area contributed by atoms with Crippen LogP contribution in [0.2, 0.25) is 0 Å². The fraction of sp³-hybridized carbons (Fsp3) is 0.0769. The number of rotatable bonds is 3. The van der Waals surface area contributed by atoms with Crippen molar-refractivity contribution in [2.45, 2.75) is 0 Å². The van der Waals surface area contributed by atoms with Crippen LogP contribution in [0.5, 0.6) is 5.75 Å². The molecule has 0 saturated carbocycles. The zero-order chi connectivity index (χ0) is 14.1. The van der Waals surface area contributed by atoms with Gasteiger partial charge in [-0.05, 0) is 12.1 Å². The Morgan fingerprint density at radius 1 is 1.25 bits per heavy atom. The summed E-state index contributed by atoms with van der Waals surface area (Å²) in [4.78, 5) is 8.56. The third-order valence-electron chi connectivity index (χ3n) is 2.89. The minimum atomic E-state index is 0.154. The summed E-state index contributed by atoms with van der Waals surface area (Å²) < 4.78 is 6.90. The quantitative estimate of drug-likeness (QED) is 0.734. The maximum absolute atomic E-state index is 5.52. The number of thiocarbonyl (C=S) groups is 1. The molecule has 2 aromatic heterocycles. The van der Waals surface area contributed by atoms with Crippen LogP contribution in [0.15, 0.2) is 36.8 Å². The molecule has 0 bridgehead atoms. The van der Waals surface area contributed by atoms with Gasteiger partial charge in [-0.25, -0.2) is 14.6 Å². The molecule has 0 aliphatic heterocycles. The fourth-order valence-electron chi connectivity index (χ4n) is 2.00. The highest BCUT2D eigenvalue weighted by Gasteiger charge is 2.11. The number of methoxy groups -OCH3 is 1. The lowest BCUT2D eigenvalue weighted by molar-refractivity contribution is 0.420. The molecule has 2 N–H and O–H groups in total. The van der Waals surface area contributed by atoms with Gasteiger partial charge in [-0.2, -0.15) is 0 Å². The third kappa shape index (κ3) is 1.97. The van der Waals surface area contributed by atoms with Crippen LogP contribution in [0, 0.1) is 0 Å². The number of ether oxygens (including phenoxy) is 1. The number of pyridine rings is 1. The summed E-state index contributed by atoms with van der Waals surface area (Å²) in [5.41, 5.74) is 5.52. The van der Waals surface area contributed by atoms with Gasteiger partial charge >= 0.3 is 0 Å².